The Labute approximate surface area is 98.8 Å². The van der Waals surface area contributed by atoms with Crippen molar-refractivity contribution in [2.75, 3.05) is 5.73 Å². The minimum Gasteiger partial charge on any atom is -0.398 e. The maximum atomic E-state index is 13.2. The number of nitro benzene ring substituents is 1. The fourth-order valence-corrected chi connectivity index (χ4v) is 1.08. The summed E-state index contributed by atoms with van der Waals surface area (Å²) in [5.74, 6) is 4.67. The lowest BCUT2D eigenvalue weighted by Gasteiger charge is -2.07. The minimum absolute atomic E-state index is 0.102. The first-order valence-electron chi connectivity index (χ1n) is 4.97. The second-order valence-corrected chi connectivity index (χ2v) is 4.65. The predicted octanol–water partition coefficient (Wildman–Crippen LogP) is 2.71. The van der Waals surface area contributed by atoms with Crippen LogP contribution in [0.5, 0.6) is 0 Å². The number of hydrogen-bond donors (Lipinski definition) is 1. The molecule has 17 heavy (non-hydrogen) atoms. The molecular weight excluding hydrogens is 223 g/mol. The smallest absolute Gasteiger partial charge is 0.306 e. The Morgan fingerprint density at radius 2 is 2.00 bits per heavy atom. The van der Waals surface area contributed by atoms with Gasteiger partial charge in [0, 0.05) is 17.5 Å². The first-order chi connectivity index (χ1) is 7.70. The van der Waals surface area contributed by atoms with Crippen molar-refractivity contribution in [3.8, 4) is 11.8 Å². The Balaban J connectivity index is 3.29. The summed E-state index contributed by atoms with van der Waals surface area (Å²) in [7, 11) is 0. The Kier molecular flexibility index (Phi) is 3.37. The number of nitrogen functional groups attached to an aromatic ring is 1. The van der Waals surface area contributed by atoms with Gasteiger partial charge in [0.05, 0.1) is 16.2 Å². The molecule has 0 saturated heterocycles. The highest BCUT2D eigenvalue weighted by molar-refractivity contribution is 5.60. The molecule has 0 atom stereocenters. The molecule has 0 bridgehead atoms. The SMILES string of the molecule is CC(C)(C)C#Cc1cc([N+](=O)[O-])c(F)cc1N. The third-order valence-corrected chi connectivity index (χ3v) is 1.89. The van der Waals surface area contributed by atoms with Crippen LogP contribution in [0.3, 0.4) is 0 Å². The maximum Gasteiger partial charge on any atom is 0.306 e. The van der Waals surface area contributed by atoms with Gasteiger partial charge >= 0.3 is 5.69 Å². The van der Waals surface area contributed by atoms with Crippen molar-refractivity contribution < 1.29 is 9.31 Å². The van der Waals surface area contributed by atoms with Gasteiger partial charge in [0.1, 0.15) is 0 Å². The normalized spacial score (nSPS) is 10.6. The summed E-state index contributed by atoms with van der Waals surface area (Å²) in [6.45, 7) is 5.69. The van der Waals surface area contributed by atoms with Crippen LogP contribution in [0, 0.1) is 33.2 Å². The number of anilines is 1. The van der Waals surface area contributed by atoms with E-state index in [9.17, 15) is 14.5 Å². The van der Waals surface area contributed by atoms with Gasteiger partial charge in [-0.25, -0.2) is 0 Å². The van der Waals surface area contributed by atoms with E-state index in [1.54, 1.807) is 0 Å². The van der Waals surface area contributed by atoms with E-state index in [1.165, 1.54) is 0 Å². The highest BCUT2D eigenvalue weighted by atomic mass is 19.1. The molecule has 1 rings (SSSR count). The lowest BCUT2D eigenvalue weighted by Crippen LogP contribution is -2.01. The van der Waals surface area contributed by atoms with Gasteiger partial charge in [0.15, 0.2) is 0 Å². The standard InChI is InChI=1S/C12H13FN2O2/c1-12(2,3)5-4-8-6-11(15(16)17)9(13)7-10(8)14/h6-7H,14H2,1-3H3. The molecule has 0 aliphatic rings. The highest BCUT2D eigenvalue weighted by Crippen LogP contribution is 2.23. The average molecular weight is 236 g/mol. The van der Waals surface area contributed by atoms with Crippen molar-refractivity contribution in [1.82, 2.24) is 0 Å². The lowest BCUT2D eigenvalue weighted by atomic mass is 9.97. The van der Waals surface area contributed by atoms with Crippen molar-refractivity contribution in [2.24, 2.45) is 5.41 Å². The number of halogens is 1. The van der Waals surface area contributed by atoms with Crippen LogP contribution in [-0.4, -0.2) is 4.92 Å². The summed E-state index contributed by atoms with van der Waals surface area (Å²) in [5.41, 5.74) is 5.06. The van der Waals surface area contributed by atoms with Crippen LogP contribution in [0.2, 0.25) is 0 Å². The quantitative estimate of drug-likeness (QED) is 0.353. The molecule has 0 fully saturated rings. The Morgan fingerprint density at radius 1 is 1.41 bits per heavy atom. The monoisotopic (exact) mass is 236 g/mol. The van der Waals surface area contributed by atoms with Crippen LogP contribution in [0.25, 0.3) is 0 Å². The van der Waals surface area contributed by atoms with Crippen LogP contribution >= 0.6 is 0 Å². The summed E-state index contributed by atoms with van der Waals surface area (Å²) in [4.78, 5) is 9.77. The van der Waals surface area contributed by atoms with Gasteiger partial charge in [-0.2, -0.15) is 4.39 Å². The molecule has 2 N–H and O–H groups in total. The maximum absolute atomic E-state index is 13.2. The Bertz CT molecular complexity index is 522. The van der Waals surface area contributed by atoms with Crippen LogP contribution in [0.4, 0.5) is 15.8 Å². The fraction of sp³-hybridized carbons (Fsp3) is 0.333. The van der Waals surface area contributed by atoms with Crippen molar-refractivity contribution in [2.45, 2.75) is 20.8 Å². The first kappa shape index (κ1) is 13.0. The molecule has 1 aromatic carbocycles. The number of nitro groups is 1. The average Bonchev–Trinajstić information content (AvgIpc) is 2.14. The largest absolute Gasteiger partial charge is 0.398 e. The van der Waals surface area contributed by atoms with E-state index in [0.717, 1.165) is 12.1 Å². The lowest BCUT2D eigenvalue weighted by molar-refractivity contribution is -0.387. The molecule has 0 heterocycles. The molecule has 4 nitrogen and oxygen atoms in total. The predicted molar refractivity (Wildman–Crippen MR) is 63.8 cm³/mol. The van der Waals surface area contributed by atoms with E-state index in [0.29, 0.717) is 0 Å². The zero-order valence-corrected chi connectivity index (χ0v) is 9.87. The van der Waals surface area contributed by atoms with Gasteiger partial charge in [-0.1, -0.05) is 11.8 Å². The van der Waals surface area contributed by atoms with Gasteiger partial charge in [0.25, 0.3) is 0 Å². The van der Waals surface area contributed by atoms with Crippen LogP contribution in [0.1, 0.15) is 26.3 Å². The molecule has 0 aliphatic heterocycles. The number of nitrogens with two attached hydrogens (primary N) is 1. The Hall–Kier alpha value is -2.09. The summed E-state index contributed by atoms with van der Waals surface area (Å²) >= 11 is 0. The van der Waals surface area contributed by atoms with E-state index in [1.807, 2.05) is 20.8 Å². The second kappa shape index (κ2) is 4.42. The van der Waals surface area contributed by atoms with E-state index >= 15 is 0 Å². The molecule has 0 unspecified atom stereocenters. The molecule has 1 aromatic rings. The van der Waals surface area contributed by atoms with Crippen LogP contribution in [-0.2, 0) is 0 Å². The summed E-state index contributed by atoms with van der Waals surface area (Å²) < 4.78 is 13.2. The zero-order chi connectivity index (χ0) is 13.2. The minimum atomic E-state index is -0.950. The summed E-state index contributed by atoms with van der Waals surface area (Å²) in [6.07, 6.45) is 0. The zero-order valence-electron chi connectivity index (χ0n) is 9.87. The van der Waals surface area contributed by atoms with Crippen LogP contribution in [0.15, 0.2) is 12.1 Å². The number of nitrogens with zero attached hydrogens (tertiary/aromatic N) is 1. The molecule has 0 radical (unpaired) electrons. The van der Waals surface area contributed by atoms with Gasteiger partial charge in [-0.05, 0) is 20.8 Å². The number of hydrogen-bond acceptors (Lipinski definition) is 3. The van der Waals surface area contributed by atoms with Crippen molar-refractivity contribution in [3.05, 3.63) is 33.6 Å². The third-order valence-electron chi connectivity index (χ3n) is 1.89. The van der Waals surface area contributed by atoms with Gasteiger partial charge in [0.2, 0.25) is 5.82 Å². The van der Waals surface area contributed by atoms with Gasteiger partial charge in [-0.3, -0.25) is 10.1 Å². The summed E-state index contributed by atoms with van der Waals surface area (Å²) in [6, 6.07) is 1.98. The second-order valence-electron chi connectivity index (χ2n) is 4.65. The Morgan fingerprint density at radius 3 is 2.47 bits per heavy atom. The van der Waals surface area contributed by atoms with Gasteiger partial charge < -0.3 is 5.73 Å². The molecule has 5 heteroatoms. The molecule has 0 aromatic heterocycles. The fourth-order valence-electron chi connectivity index (χ4n) is 1.08. The van der Waals surface area contributed by atoms with E-state index in [-0.39, 0.29) is 16.7 Å². The molecule has 0 saturated carbocycles. The third kappa shape index (κ3) is 3.45. The van der Waals surface area contributed by atoms with Crippen LogP contribution < -0.4 is 5.73 Å². The van der Waals surface area contributed by atoms with E-state index < -0.39 is 16.4 Å². The molecular formula is C12H13FN2O2. The highest BCUT2D eigenvalue weighted by Gasteiger charge is 2.16. The van der Waals surface area contributed by atoms with E-state index in [2.05, 4.69) is 11.8 Å². The molecule has 0 aliphatic carbocycles. The first-order valence-corrected chi connectivity index (χ1v) is 4.97. The van der Waals surface area contributed by atoms with E-state index in [4.69, 9.17) is 5.73 Å². The van der Waals surface area contributed by atoms with Crippen molar-refractivity contribution >= 4 is 11.4 Å². The molecule has 0 spiro atoms. The summed E-state index contributed by atoms with van der Waals surface area (Å²) in [5, 5.41) is 10.6. The van der Waals surface area contributed by atoms with Crippen molar-refractivity contribution in [3.63, 3.8) is 0 Å². The number of rotatable bonds is 1. The van der Waals surface area contributed by atoms with Crippen molar-refractivity contribution in [1.29, 1.82) is 0 Å². The topological polar surface area (TPSA) is 69.2 Å². The molecule has 0 amide bonds. The molecule has 90 valence electrons. The number of benzene rings is 1. The van der Waals surface area contributed by atoms with Gasteiger partial charge in [-0.15, -0.1) is 0 Å².